The average Bonchev–Trinajstić information content (AvgIpc) is 3.18. The smallest absolute Gasteiger partial charge is 0.326 e. The Balaban J connectivity index is 2.05. The van der Waals surface area contributed by atoms with E-state index in [1.165, 1.54) is 0 Å². The van der Waals surface area contributed by atoms with Crippen molar-refractivity contribution in [2.24, 2.45) is 23.3 Å². The summed E-state index contributed by atoms with van der Waals surface area (Å²) in [5.41, 5.74) is 12.1. The molecule has 20 heteroatoms. The van der Waals surface area contributed by atoms with Gasteiger partial charge in [0.05, 0.1) is 19.5 Å². The molecule has 2 rings (SSSR count). The van der Waals surface area contributed by atoms with Crippen LogP contribution in [0.4, 0.5) is 0 Å². The number of hydrogen-bond donors (Lipinski definition) is 10. The molecule has 0 saturated carbocycles. The molecule has 0 saturated heterocycles. The maximum absolute atomic E-state index is 13.7. The van der Waals surface area contributed by atoms with Crippen LogP contribution in [0.15, 0.2) is 72.8 Å². The number of carbonyl (C=O) groups excluding carboxylic acids is 9. The standard InChI is InChI=1S/C40H53N9O11/c1-22(2)34(36(42)55)48-39(58)35(23(3)4)49-38(57)26(17-24-11-7-5-8-12-24)47-37(56)27(19-29(41)50)45-31(52)16-15-30(51)43-20-32(53)44-21-33(54)46-28(40(59)60)18-25-13-9-6-10-14-25/h5-16,22-23,26-28,34-35H,17-21H2,1-4H3,(H2,41,50)(H2,42,55)(H,43,51)(H,44,53)(H,45,52)(H,46,54)(H,47,56)(H,48,58)(H,49,57)(H,59,60). The third kappa shape index (κ3) is 18.0. The fourth-order valence-electron chi connectivity index (χ4n) is 5.47. The molecule has 12 N–H and O–H groups in total. The Morgan fingerprint density at radius 2 is 1.03 bits per heavy atom. The first kappa shape index (κ1) is 49.0. The highest BCUT2D eigenvalue weighted by molar-refractivity contribution is 6.01. The molecule has 20 nitrogen and oxygen atoms in total. The van der Waals surface area contributed by atoms with Crippen molar-refractivity contribution < 1.29 is 53.1 Å². The number of amides is 9. The molecule has 0 spiro atoms. The number of carboxylic acids is 1. The molecule has 0 aliphatic carbocycles. The first-order valence-electron chi connectivity index (χ1n) is 18.9. The van der Waals surface area contributed by atoms with Crippen molar-refractivity contribution in [3.63, 3.8) is 0 Å². The predicted molar refractivity (Wildman–Crippen MR) is 215 cm³/mol. The van der Waals surface area contributed by atoms with E-state index < -0.39 is 115 Å². The Bertz CT molecular complexity index is 1890. The highest BCUT2D eigenvalue weighted by Gasteiger charge is 2.33. The summed E-state index contributed by atoms with van der Waals surface area (Å²) in [5, 5.41) is 26.1. The predicted octanol–water partition coefficient (Wildman–Crippen LogP) is -2.56. The minimum atomic E-state index is -1.63. The molecular weight excluding hydrogens is 782 g/mol. The summed E-state index contributed by atoms with van der Waals surface area (Å²) in [6.45, 7) is 5.44. The number of benzene rings is 2. The van der Waals surface area contributed by atoms with Crippen LogP contribution in [0.1, 0.15) is 45.2 Å². The lowest BCUT2D eigenvalue weighted by Gasteiger charge is -2.28. The van der Waals surface area contributed by atoms with Crippen LogP contribution in [-0.2, 0) is 60.8 Å². The molecule has 0 radical (unpaired) electrons. The minimum absolute atomic E-state index is 0.00662. The van der Waals surface area contributed by atoms with E-state index in [4.69, 9.17) is 11.5 Å². The van der Waals surface area contributed by atoms with E-state index in [0.29, 0.717) is 17.2 Å². The largest absolute Gasteiger partial charge is 0.480 e. The van der Waals surface area contributed by atoms with Crippen molar-refractivity contribution in [3.05, 3.63) is 83.9 Å². The number of rotatable bonds is 24. The SMILES string of the molecule is CC(C)C(NC(=O)C(NC(=O)C(Cc1ccccc1)NC(=O)C(CC(N)=O)NC(=O)C=CC(=O)NCC(=O)NCC(=O)NC(Cc1ccccc1)C(=O)O)C(C)C)C(N)=O. The lowest BCUT2D eigenvalue weighted by Crippen LogP contribution is -2.60. The summed E-state index contributed by atoms with van der Waals surface area (Å²) in [6.07, 6.45) is 0.628. The summed E-state index contributed by atoms with van der Waals surface area (Å²) in [6, 6.07) is 10.6. The topological polar surface area (TPSA) is 327 Å². The Labute approximate surface area is 346 Å². The summed E-state index contributed by atoms with van der Waals surface area (Å²) in [4.78, 5) is 125. The highest BCUT2D eigenvalue weighted by Crippen LogP contribution is 2.10. The van der Waals surface area contributed by atoms with Gasteiger partial charge in [-0.1, -0.05) is 88.4 Å². The Morgan fingerprint density at radius 3 is 1.53 bits per heavy atom. The van der Waals surface area contributed by atoms with E-state index in [9.17, 15) is 53.1 Å². The number of primary amides is 2. The van der Waals surface area contributed by atoms with Gasteiger partial charge < -0.3 is 53.8 Å². The van der Waals surface area contributed by atoms with Gasteiger partial charge in [0.1, 0.15) is 30.2 Å². The molecule has 0 heterocycles. The molecule has 60 heavy (non-hydrogen) atoms. The second-order valence-corrected chi connectivity index (χ2v) is 14.3. The van der Waals surface area contributed by atoms with Crippen molar-refractivity contribution in [1.82, 2.24) is 37.2 Å². The maximum Gasteiger partial charge on any atom is 0.326 e. The van der Waals surface area contributed by atoms with Crippen molar-refractivity contribution in [3.8, 4) is 0 Å². The summed E-state index contributed by atoms with van der Waals surface area (Å²) < 4.78 is 0. The van der Waals surface area contributed by atoms with Gasteiger partial charge in [0, 0.05) is 25.0 Å². The van der Waals surface area contributed by atoms with E-state index in [0.717, 1.165) is 6.08 Å². The van der Waals surface area contributed by atoms with Gasteiger partial charge in [-0.15, -0.1) is 0 Å². The fraction of sp³-hybridized carbons (Fsp3) is 0.400. The molecule has 0 bridgehead atoms. The highest BCUT2D eigenvalue weighted by atomic mass is 16.4. The van der Waals surface area contributed by atoms with Crippen molar-refractivity contribution >= 4 is 59.1 Å². The number of carbonyl (C=O) groups is 10. The van der Waals surface area contributed by atoms with Crippen LogP contribution in [0.3, 0.4) is 0 Å². The third-order valence-electron chi connectivity index (χ3n) is 8.64. The van der Waals surface area contributed by atoms with Crippen LogP contribution in [0.25, 0.3) is 0 Å². The number of nitrogens with two attached hydrogens (primary N) is 2. The molecule has 5 atom stereocenters. The molecular formula is C40H53N9O11. The number of carboxylic acid groups (broad SMARTS) is 1. The van der Waals surface area contributed by atoms with Crippen LogP contribution < -0.4 is 48.7 Å². The number of nitrogens with one attached hydrogen (secondary N) is 7. The quantitative estimate of drug-likeness (QED) is 0.0491. The van der Waals surface area contributed by atoms with Gasteiger partial charge >= 0.3 is 5.97 Å². The first-order chi connectivity index (χ1) is 28.3. The fourth-order valence-corrected chi connectivity index (χ4v) is 5.47. The van der Waals surface area contributed by atoms with E-state index in [1.807, 2.05) is 0 Å². The minimum Gasteiger partial charge on any atom is -0.480 e. The van der Waals surface area contributed by atoms with E-state index in [1.54, 1.807) is 88.4 Å². The molecule has 0 aliphatic rings. The Kier molecular flexibility index (Phi) is 20.1. The van der Waals surface area contributed by atoms with Crippen molar-refractivity contribution in [2.75, 3.05) is 13.1 Å². The molecule has 2 aromatic rings. The van der Waals surface area contributed by atoms with Crippen LogP contribution in [0.5, 0.6) is 0 Å². The van der Waals surface area contributed by atoms with Crippen LogP contribution in [-0.4, -0.2) is 108 Å². The Hall–Kier alpha value is -7.12. The van der Waals surface area contributed by atoms with Gasteiger partial charge in [-0.25, -0.2) is 4.79 Å². The van der Waals surface area contributed by atoms with Gasteiger partial charge in [-0.05, 0) is 23.0 Å². The van der Waals surface area contributed by atoms with E-state index in [-0.39, 0.29) is 18.8 Å². The summed E-state index contributed by atoms with van der Waals surface area (Å²) in [5.74, 6) is -9.97. The summed E-state index contributed by atoms with van der Waals surface area (Å²) >= 11 is 0. The monoisotopic (exact) mass is 835 g/mol. The van der Waals surface area contributed by atoms with Gasteiger partial charge in [-0.2, -0.15) is 0 Å². The lowest BCUT2D eigenvalue weighted by atomic mass is 9.98. The third-order valence-corrected chi connectivity index (χ3v) is 8.64. The first-order valence-corrected chi connectivity index (χ1v) is 18.9. The van der Waals surface area contributed by atoms with E-state index in [2.05, 4.69) is 37.2 Å². The molecule has 0 aliphatic heterocycles. The zero-order valence-corrected chi connectivity index (χ0v) is 33.7. The number of aliphatic carboxylic acids is 1. The Morgan fingerprint density at radius 1 is 0.550 bits per heavy atom. The zero-order chi connectivity index (χ0) is 44.9. The molecule has 0 fully saturated rings. The lowest BCUT2D eigenvalue weighted by molar-refractivity contribution is -0.141. The van der Waals surface area contributed by atoms with Crippen LogP contribution >= 0.6 is 0 Å². The van der Waals surface area contributed by atoms with E-state index >= 15 is 0 Å². The second kappa shape index (κ2) is 24.6. The molecule has 0 aromatic heterocycles. The second-order valence-electron chi connectivity index (χ2n) is 14.3. The molecule has 324 valence electrons. The van der Waals surface area contributed by atoms with Gasteiger partial charge in [0.25, 0.3) is 0 Å². The van der Waals surface area contributed by atoms with Gasteiger partial charge in [-0.3, -0.25) is 43.2 Å². The van der Waals surface area contributed by atoms with Crippen molar-refractivity contribution in [1.29, 1.82) is 0 Å². The number of hydrogen-bond acceptors (Lipinski definition) is 10. The molecule has 2 aromatic carbocycles. The normalized spacial score (nSPS) is 13.4. The maximum atomic E-state index is 13.7. The van der Waals surface area contributed by atoms with Gasteiger partial charge in [0.2, 0.25) is 53.2 Å². The van der Waals surface area contributed by atoms with Crippen LogP contribution in [0.2, 0.25) is 0 Å². The zero-order valence-electron chi connectivity index (χ0n) is 33.7. The van der Waals surface area contributed by atoms with Crippen molar-refractivity contribution in [2.45, 2.75) is 77.2 Å². The summed E-state index contributed by atoms with van der Waals surface area (Å²) in [7, 11) is 0. The average molecular weight is 836 g/mol. The molecule has 9 amide bonds. The van der Waals surface area contributed by atoms with Crippen LogP contribution in [0, 0.1) is 11.8 Å². The van der Waals surface area contributed by atoms with Gasteiger partial charge in [0.15, 0.2) is 0 Å². The molecule has 5 unspecified atom stereocenters.